The molecule has 0 amide bonds. The summed E-state index contributed by atoms with van der Waals surface area (Å²) in [5, 5.41) is 3.37. The molecule has 0 unspecified atom stereocenters. The van der Waals surface area contributed by atoms with E-state index in [-0.39, 0.29) is 0 Å². The van der Waals surface area contributed by atoms with Crippen molar-refractivity contribution in [3.63, 3.8) is 0 Å². The maximum absolute atomic E-state index is 11.7. The first kappa shape index (κ1) is 14.3. The zero-order valence-electron chi connectivity index (χ0n) is 11.4. The Labute approximate surface area is 115 Å². The Kier molecular flexibility index (Phi) is 4.47. The third kappa shape index (κ3) is 3.70. The molecule has 0 bridgehead atoms. The van der Waals surface area contributed by atoms with Gasteiger partial charge in [0.1, 0.15) is 0 Å². The fourth-order valence-electron chi connectivity index (χ4n) is 2.57. The van der Waals surface area contributed by atoms with Crippen LogP contribution < -0.4 is 5.32 Å². The van der Waals surface area contributed by atoms with Crippen LogP contribution in [-0.2, 0) is 14.6 Å². The summed E-state index contributed by atoms with van der Waals surface area (Å²) in [4.78, 5) is 0.379. The minimum absolute atomic E-state index is 0.328. The standard InChI is InChI=1S/C14H21NO3S/c1-18-12-9-7-11(8-10-12)15-13-5-3-4-6-14(13)19(2,16)17/h3-6,11-12,15H,7-10H2,1-2H3. The first-order valence-electron chi connectivity index (χ1n) is 6.59. The zero-order chi connectivity index (χ0) is 13.9. The number of hydrogen-bond donors (Lipinski definition) is 1. The van der Waals surface area contributed by atoms with E-state index in [0.717, 1.165) is 25.7 Å². The molecule has 0 heterocycles. The predicted octanol–water partition coefficient (Wildman–Crippen LogP) is 2.46. The van der Waals surface area contributed by atoms with Crippen molar-refractivity contribution in [2.24, 2.45) is 0 Å². The largest absolute Gasteiger partial charge is 0.381 e. The van der Waals surface area contributed by atoms with Gasteiger partial charge in [0.15, 0.2) is 9.84 Å². The Bertz CT molecular complexity index is 519. The maximum Gasteiger partial charge on any atom is 0.177 e. The van der Waals surface area contributed by atoms with Crippen LogP contribution >= 0.6 is 0 Å². The van der Waals surface area contributed by atoms with Gasteiger partial charge in [-0.25, -0.2) is 8.42 Å². The van der Waals surface area contributed by atoms with Gasteiger partial charge in [0.05, 0.1) is 16.7 Å². The van der Waals surface area contributed by atoms with Crippen molar-refractivity contribution in [3.05, 3.63) is 24.3 Å². The molecule has 19 heavy (non-hydrogen) atoms. The van der Waals surface area contributed by atoms with Crippen molar-refractivity contribution < 1.29 is 13.2 Å². The monoisotopic (exact) mass is 283 g/mol. The van der Waals surface area contributed by atoms with Crippen LogP contribution in [-0.4, -0.2) is 33.9 Å². The molecule has 1 fully saturated rings. The lowest BCUT2D eigenvalue weighted by Gasteiger charge is -2.29. The number of sulfone groups is 1. The molecule has 2 rings (SSSR count). The molecule has 0 atom stereocenters. The highest BCUT2D eigenvalue weighted by Gasteiger charge is 2.22. The number of nitrogens with one attached hydrogen (secondary N) is 1. The second-order valence-electron chi connectivity index (χ2n) is 5.12. The summed E-state index contributed by atoms with van der Waals surface area (Å²) in [5.41, 5.74) is 0.714. The van der Waals surface area contributed by atoms with E-state index in [4.69, 9.17) is 4.74 Å². The molecule has 1 N–H and O–H groups in total. The first-order chi connectivity index (χ1) is 9.00. The molecule has 1 aromatic carbocycles. The molecule has 0 spiro atoms. The number of hydrogen-bond acceptors (Lipinski definition) is 4. The lowest BCUT2D eigenvalue weighted by molar-refractivity contribution is 0.0681. The molecule has 106 valence electrons. The second kappa shape index (κ2) is 5.92. The third-order valence-electron chi connectivity index (χ3n) is 3.65. The zero-order valence-corrected chi connectivity index (χ0v) is 12.2. The van der Waals surface area contributed by atoms with Crippen molar-refractivity contribution in [1.82, 2.24) is 0 Å². The van der Waals surface area contributed by atoms with E-state index < -0.39 is 9.84 Å². The lowest BCUT2D eigenvalue weighted by Crippen LogP contribution is -2.29. The smallest absolute Gasteiger partial charge is 0.177 e. The number of ether oxygens (including phenoxy) is 1. The normalized spacial score (nSPS) is 24.1. The van der Waals surface area contributed by atoms with Crippen molar-refractivity contribution in [1.29, 1.82) is 0 Å². The van der Waals surface area contributed by atoms with Gasteiger partial charge in [0.25, 0.3) is 0 Å². The molecule has 1 aromatic rings. The van der Waals surface area contributed by atoms with Gasteiger partial charge in [-0.15, -0.1) is 0 Å². The first-order valence-corrected chi connectivity index (χ1v) is 8.48. The van der Waals surface area contributed by atoms with Crippen LogP contribution in [0.5, 0.6) is 0 Å². The topological polar surface area (TPSA) is 55.4 Å². The van der Waals surface area contributed by atoms with Gasteiger partial charge in [0, 0.05) is 19.4 Å². The predicted molar refractivity (Wildman–Crippen MR) is 76.2 cm³/mol. The molecule has 1 aliphatic rings. The van der Waals surface area contributed by atoms with Crippen molar-refractivity contribution >= 4 is 15.5 Å². The van der Waals surface area contributed by atoms with Crippen molar-refractivity contribution in [3.8, 4) is 0 Å². The quantitative estimate of drug-likeness (QED) is 0.922. The van der Waals surface area contributed by atoms with E-state index in [1.165, 1.54) is 6.26 Å². The van der Waals surface area contributed by atoms with Crippen LogP contribution in [0.1, 0.15) is 25.7 Å². The van der Waals surface area contributed by atoms with Gasteiger partial charge in [-0.05, 0) is 37.8 Å². The molecule has 0 saturated heterocycles. The Morgan fingerprint density at radius 1 is 1.16 bits per heavy atom. The number of rotatable bonds is 4. The third-order valence-corrected chi connectivity index (χ3v) is 4.81. The van der Waals surface area contributed by atoms with Crippen LogP contribution in [0, 0.1) is 0 Å². The molecule has 1 aliphatic carbocycles. The van der Waals surface area contributed by atoms with Gasteiger partial charge in [-0.1, -0.05) is 12.1 Å². The van der Waals surface area contributed by atoms with Crippen molar-refractivity contribution in [2.45, 2.75) is 42.7 Å². The van der Waals surface area contributed by atoms with Crippen LogP contribution in [0.3, 0.4) is 0 Å². The molecule has 4 nitrogen and oxygen atoms in total. The van der Waals surface area contributed by atoms with Crippen LogP contribution in [0.4, 0.5) is 5.69 Å². The lowest BCUT2D eigenvalue weighted by atomic mass is 9.93. The van der Waals surface area contributed by atoms with Gasteiger partial charge < -0.3 is 10.1 Å². The Morgan fingerprint density at radius 2 is 1.79 bits per heavy atom. The van der Waals surface area contributed by atoms with Gasteiger partial charge in [0.2, 0.25) is 0 Å². The number of methoxy groups -OCH3 is 1. The van der Waals surface area contributed by atoms with Gasteiger partial charge >= 0.3 is 0 Å². The van der Waals surface area contributed by atoms with Gasteiger partial charge in [-0.3, -0.25) is 0 Å². The fourth-order valence-corrected chi connectivity index (χ4v) is 3.42. The highest BCUT2D eigenvalue weighted by molar-refractivity contribution is 7.90. The highest BCUT2D eigenvalue weighted by Crippen LogP contribution is 2.27. The number of benzene rings is 1. The van der Waals surface area contributed by atoms with Crippen LogP contribution in [0.15, 0.2) is 29.2 Å². The summed E-state index contributed by atoms with van der Waals surface area (Å²) < 4.78 is 28.8. The molecule has 0 radical (unpaired) electrons. The van der Waals surface area contributed by atoms with Crippen LogP contribution in [0.2, 0.25) is 0 Å². The Balaban J connectivity index is 2.08. The molecular weight excluding hydrogens is 262 g/mol. The minimum Gasteiger partial charge on any atom is -0.381 e. The molecule has 1 saturated carbocycles. The molecule has 0 aliphatic heterocycles. The number of anilines is 1. The Morgan fingerprint density at radius 3 is 2.37 bits per heavy atom. The summed E-state index contributed by atoms with van der Waals surface area (Å²) in [6.07, 6.45) is 5.66. The van der Waals surface area contributed by atoms with Crippen molar-refractivity contribution in [2.75, 3.05) is 18.7 Å². The highest BCUT2D eigenvalue weighted by atomic mass is 32.2. The van der Waals surface area contributed by atoms with E-state index in [1.807, 2.05) is 12.1 Å². The SMILES string of the molecule is COC1CCC(Nc2ccccc2S(C)(=O)=O)CC1. The van der Waals surface area contributed by atoms with E-state index in [9.17, 15) is 8.42 Å². The summed E-state index contributed by atoms with van der Waals surface area (Å²) in [6, 6.07) is 7.42. The van der Waals surface area contributed by atoms with Gasteiger partial charge in [-0.2, -0.15) is 0 Å². The number of para-hydroxylation sites is 1. The average Bonchev–Trinajstić information content (AvgIpc) is 2.39. The van der Waals surface area contributed by atoms with E-state index in [2.05, 4.69) is 5.32 Å². The summed E-state index contributed by atoms with van der Waals surface area (Å²) in [6.45, 7) is 0. The summed E-state index contributed by atoms with van der Waals surface area (Å²) >= 11 is 0. The summed E-state index contributed by atoms with van der Waals surface area (Å²) in [5.74, 6) is 0. The van der Waals surface area contributed by atoms with E-state index in [1.54, 1.807) is 19.2 Å². The molecular formula is C14H21NO3S. The maximum atomic E-state index is 11.7. The molecule has 5 heteroatoms. The fraction of sp³-hybridized carbons (Fsp3) is 0.571. The minimum atomic E-state index is -3.19. The van der Waals surface area contributed by atoms with E-state index in [0.29, 0.717) is 22.7 Å². The Hall–Kier alpha value is -1.07. The molecule has 0 aromatic heterocycles. The van der Waals surface area contributed by atoms with E-state index >= 15 is 0 Å². The summed E-state index contributed by atoms with van der Waals surface area (Å²) in [7, 11) is -1.44. The second-order valence-corrected chi connectivity index (χ2v) is 7.11. The van der Waals surface area contributed by atoms with Crippen LogP contribution in [0.25, 0.3) is 0 Å². The average molecular weight is 283 g/mol.